The van der Waals surface area contributed by atoms with E-state index >= 15 is 0 Å². The van der Waals surface area contributed by atoms with E-state index in [1.165, 1.54) is 17.7 Å². The average molecular weight is 302 g/mol. The summed E-state index contributed by atoms with van der Waals surface area (Å²) >= 11 is 1.42. The number of aromatic nitrogens is 2. The number of amides is 1. The van der Waals surface area contributed by atoms with E-state index in [0.29, 0.717) is 21.8 Å². The van der Waals surface area contributed by atoms with Crippen LogP contribution >= 0.6 is 11.3 Å². The first-order chi connectivity index (χ1) is 10.1. The van der Waals surface area contributed by atoms with Gasteiger partial charge in [-0.1, -0.05) is 0 Å². The van der Waals surface area contributed by atoms with Gasteiger partial charge in [-0.2, -0.15) is 0 Å². The summed E-state index contributed by atoms with van der Waals surface area (Å²) in [4.78, 5) is 22.6. The van der Waals surface area contributed by atoms with Crippen LogP contribution < -0.4 is 5.32 Å². The lowest BCUT2D eigenvalue weighted by atomic mass is 10.2. The van der Waals surface area contributed by atoms with Crippen LogP contribution in [0.15, 0.2) is 34.4 Å². The average Bonchev–Trinajstić information content (AvgIpc) is 3.06. The molecule has 0 fully saturated rings. The van der Waals surface area contributed by atoms with E-state index in [9.17, 15) is 4.79 Å². The molecule has 1 amide bonds. The van der Waals surface area contributed by atoms with Gasteiger partial charge in [0.05, 0.1) is 5.69 Å². The maximum Gasteiger partial charge on any atom is 0.257 e. The number of thiazole rings is 1. The minimum Gasteiger partial charge on any atom is -0.443 e. The first-order valence-electron chi connectivity index (χ1n) is 6.35. The van der Waals surface area contributed by atoms with Gasteiger partial charge in [0.25, 0.3) is 5.91 Å². The van der Waals surface area contributed by atoms with Crippen LogP contribution in [0.25, 0.3) is 11.1 Å². The molecule has 0 aliphatic rings. The molecule has 0 bridgehead atoms. The normalized spacial score (nSPS) is 11.2. The fourth-order valence-electron chi connectivity index (χ4n) is 1.93. The van der Waals surface area contributed by atoms with Crippen molar-refractivity contribution in [2.45, 2.75) is 6.54 Å². The predicted octanol–water partition coefficient (Wildman–Crippen LogP) is 2.60. The van der Waals surface area contributed by atoms with E-state index in [1.54, 1.807) is 18.2 Å². The van der Waals surface area contributed by atoms with Gasteiger partial charge in [0.1, 0.15) is 5.52 Å². The second kappa shape index (κ2) is 5.63. The standard InChI is InChI=1S/C14H14N4O2S/c1-18(2)6-10-7-21-14(16-10)17-13(19)9-3-4-12-11(5-9)15-8-20-12/h3-5,7-8H,6H2,1-2H3,(H,16,17,19). The zero-order valence-corrected chi connectivity index (χ0v) is 12.5. The summed E-state index contributed by atoms with van der Waals surface area (Å²) in [6, 6.07) is 5.14. The second-order valence-corrected chi connectivity index (χ2v) is 5.73. The lowest BCUT2D eigenvalue weighted by Crippen LogP contribution is -2.13. The maximum atomic E-state index is 12.2. The molecular formula is C14H14N4O2S. The third-order valence-electron chi connectivity index (χ3n) is 2.84. The number of hydrogen-bond donors (Lipinski definition) is 1. The van der Waals surface area contributed by atoms with Crippen LogP contribution in [0.5, 0.6) is 0 Å². The number of nitrogens with one attached hydrogen (secondary N) is 1. The Labute approximate surface area is 125 Å². The van der Waals surface area contributed by atoms with Gasteiger partial charge < -0.3 is 9.32 Å². The Morgan fingerprint density at radius 3 is 3.10 bits per heavy atom. The largest absolute Gasteiger partial charge is 0.443 e. The Bertz CT molecular complexity index is 778. The van der Waals surface area contributed by atoms with Gasteiger partial charge in [-0.15, -0.1) is 11.3 Å². The Morgan fingerprint density at radius 2 is 2.29 bits per heavy atom. The van der Waals surface area contributed by atoms with Crippen LogP contribution in [0, 0.1) is 0 Å². The number of anilines is 1. The van der Waals surface area contributed by atoms with Crippen molar-refractivity contribution in [3.63, 3.8) is 0 Å². The zero-order chi connectivity index (χ0) is 14.8. The monoisotopic (exact) mass is 302 g/mol. The summed E-state index contributed by atoms with van der Waals surface area (Å²) in [6.07, 6.45) is 1.36. The molecule has 6 nitrogen and oxygen atoms in total. The van der Waals surface area contributed by atoms with E-state index in [0.717, 1.165) is 12.2 Å². The Hall–Kier alpha value is -2.25. The highest BCUT2D eigenvalue weighted by Crippen LogP contribution is 2.19. The fraction of sp³-hybridized carbons (Fsp3) is 0.214. The molecule has 0 radical (unpaired) electrons. The van der Waals surface area contributed by atoms with Crippen molar-refractivity contribution < 1.29 is 9.21 Å². The third kappa shape index (κ3) is 3.09. The van der Waals surface area contributed by atoms with Crippen molar-refractivity contribution in [3.05, 3.63) is 41.2 Å². The molecule has 1 N–H and O–H groups in total. The van der Waals surface area contributed by atoms with Crippen LogP contribution in [0.4, 0.5) is 5.13 Å². The molecular weight excluding hydrogens is 288 g/mol. The molecule has 1 aromatic carbocycles. The maximum absolute atomic E-state index is 12.2. The summed E-state index contributed by atoms with van der Waals surface area (Å²) in [7, 11) is 3.95. The van der Waals surface area contributed by atoms with Gasteiger partial charge in [-0.05, 0) is 32.3 Å². The number of carbonyl (C=O) groups excluding carboxylic acids is 1. The number of oxazole rings is 1. The molecule has 0 spiro atoms. The molecule has 0 aliphatic heterocycles. The van der Waals surface area contributed by atoms with Crippen molar-refractivity contribution in [3.8, 4) is 0 Å². The van der Waals surface area contributed by atoms with Crippen molar-refractivity contribution in [2.24, 2.45) is 0 Å². The highest BCUT2D eigenvalue weighted by molar-refractivity contribution is 7.13. The predicted molar refractivity (Wildman–Crippen MR) is 81.5 cm³/mol. The van der Waals surface area contributed by atoms with Crippen molar-refractivity contribution >= 4 is 33.5 Å². The van der Waals surface area contributed by atoms with E-state index in [-0.39, 0.29) is 5.91 Å². The van der Waals surface area contributed by atoms with Crippen LogP contribution in [-0.4, -0.2) is 34.9 Å². The Morgan fingerprint density at radius 1 is 1.43 bits per heavy atom. The molecule has 108 valence electrons. The smallest absolute Gasteiger partial charge is 0.257 e. The van der Waals surface area contributed by atoms with Crippen LogP contribution in [0.2, 0.25) is 0 Å². The molecule has 0 saturated heterocycles. The summed E-state index contributed by atoms with van der Waals surface area (Å²) in [5, 5.41) is 5.34. The third-order valence-corrected chi connectivity index (χ3v) is 3.65. The highest BCUT2D eigenvalue weighted by Gasteiger charge is 2.11. The fourth-order valence-corrected chi connectivity index (χ4v) is 2.63. The van der Waals surface area contributed by atoms with Gasteiger partial charge in [-0.3, -0.25) is 10.1 Å². The molecule has 21 heavy (non-hydrogen) atoms. The topological polar surface area (TPSA) is 71.3 Å². The molecule has 7 heteroatoms. The number of carbonyl (C=O) groups is 1. The van der Waals surface area contributed by atoms with Crippen LogP contribution in [0.3, 0.4) is 0 Å². The minimum atomic E-state index is -0.203. The lowest BCUT2D eigenvalue weighted by Gasteiger charge is -2.05. The van der Waals surface area contributed by atoms with Crippen molar-refractivity contribution in [1.29, 1.82) is 0 Å². The molecule has 3 aromatic rings. The summed E-state index contributed by atoms with van der Waals surface area (Å²) in [5.41, 5.74) is 2.79. The second-order valence-electron chi connectivity index (χ2n) is 4.87. The van der Waals surface area contributed by atoms with Gasteiger partial charge in [0, 0.05) is 17.5 Å². The van der Waals surface area contributed by atoms with Gasteiger partial charge in [0.2, 0.25) is 0 Å². The summed E-state index contributed by atoms with van der Waals surface area (Å²) < 4.78 is 5.15. The van der Waals surface area contributed by atoms with E-state index < -0.39 is 0 Å². The number of benzene rings is 1. The minimum absolute atomic E-state index is 0.203. The highest BCUT2D eigenvalue weighted by atomic mass is 32.1. The van der Waals surface area contributed by atoms with Crippen LogP contribution in [-0.2, 0) is 6.54 Å². The quantitative estimate of drug-likeness (QED) is 0.802. The molecule has 0 unspecified atom stereocenters. The SMILES string of the molecule is CN(C)Cc1csc(NC(=O)c2ccc3ocnc3c2)n1. The number of nitrogens with zero attached hydrogens (tertiary/aromatic N) is 3. The van der Waals surface area contributed by atoms with E-state index in [2.05, 4.69) is 15.3 Å². The first-order valence-corrected chi connectivity index (χ1v) is 7.23. The number of fused-ring (bicyclic) bond motifs is 1. The number of hydrogen-bond acceptors (Lipinski definition) is 6. The van der Waals surface area contributed by atoms with Gasteiger partial charge >= 0.3 is 0 Å². The molecule has 0 saturated carbocycles. The van der Waals surface area contributed by atoms with Gasteiger partial charge in [0.15, 0.2) is 17.1 Å². The molecule has 0 atom stereocenters. The Balaban J connectivity index is 1.74. The van der Waals surface area contributed by atoms with Crippen molar-refractivity contribution in [1.82, 2.24) is 14.9 Å². The first kappa shape index (κ1) is 13.7. The van der Waals surface area contributed by atoms with E-state index in [4.69, 9.17) is 4.42 Å². The Kier molecular flexibility index (Phi) is 3.68. The molecule has 2 aromatic heterocycles. The number of rotatable bonds is 4. The van der Waals surface area contributed by atoms with Crippen molar-refractivity contribution in [2.75, 3.05) is 19.4 Å². The lowest BCUT2D eigenvalue weighted by molar-refractivity contribution is 0.102. The summed E-state index contributed by atoms with van der Waals surface area (Å²) in [5.74, 6) is -0.203. The van der Waals surface area contributed by atoms with Gasteiger partial charge in [-0.25, -0.2) is 9.97 Å². The zero-order valence-electron chi connectivity index (χ0n) is 11.7. The molecule has 0 aliphatic carbocycles. The van der Waals surface area contributed by atoms with Crippen LogP contribution in [0.1, 0.15) is 16.1 Å². The molecule has 2 heterocycles. The molecule has 3 rings (SSSR count). The summed E-state index contributed by atoms with van der Waals surface area (Å²) in [6.45, 7) is 0.747. The van der Waals surface area contributed by atoms with E-state index in [1.807, 2.05) is 24.4 Å².